The lowest BCUT2D eigenvalue weighted by atomic mass is 9.81. The molecule has 0 aromatic heterocycles. The molecule has 114 valence electrons. The van der Waals surface area contributed by atoms with E-state index in [2.05, 4.69) is 5.32 Å². The van der Waals surface area contributed by atoms with E-state index in [0.717, 1.165) is 31.5 Å². The standard InChI is InChI=1S/C16H23N3O2/c17-14-10-19(15(14)13-7-4-8-18-9-13)16(20)21-11-12-5-2-1-3-6-12/h1-3,5-6,13-15,18H,4,7-11,17H2. The minimum absolute atomic E-state index is 0.0826. The Kier molecular flexibility index (Phi) is 4.41. The van der Waals surface area contributed by atoms with E-state index >= 15 is 0 Å². The summed E-state index contributed by atoms with van der Waals surface area (Å²) in [5.41, 5.74) is 7.12. The van der Waals surface area contributed by atoms with Crippen LogP contribution in [0.3, 0.4) is 0 Å². The molecule has 2 heterocycles. The van der Waals surface area contributed by atoms with Gasteiger partial charge in [0.2, 0.25) is 0 Å². The molecular weight excluding hydrogens is 266 g/mol. The van der Waals surface area contributed by atoms with Gasteiger partial charge in [0.15, 0.2) is 0 Å². The van der Waals surface area contributed by atoms with E-state index in [0.29, 0.717) is 19.1 Å². The van der Waals surface area contributed by atoms with Gasteiger partial charge in [-0.1, -0.05) is 30.3 Å². The number of carbonyl (C=O) groups excluding carboxylic acids is 1. The van der Waals surface area contributed by atoms with Crippen LogP contribution in [0.15, 0.2) is 30.3 Å². The number of hydrogen-bond donors (Lipinski definition) is 2. The average Bonchev–Trinajstić information content (AvgIpc) is 2.52. The number of benzene rings is 1. The number of rotatable bonds is 3. The van der Waals surface area contributed by atoms with E-state index in [-0.39, 0.29) is 18.2 Å². The third-order valence-electron chi connectivity index (χ3n) is 4.46. The monoisotopic (exact) mass is 289 g/mol. The van der Waals surface area contributed by atoms with Crippen molar-refractivity contribution in [3.05, 3.63) is 35.9 Å². The highest BCUT2D eigenvalue weighted by molar-refractivity contribution is 5.69. The molecule has 2 saturated heterocycles. The van der Waals surface area contributed by atoms with Crippen LogP contribution in [0.4, 0.5) is 4.79 Å². The fraction of sp³-hybridized carbons (Fsp3) is 0.562. The Balaban J connectivity index is 1.54. The molecule has 2 aliphatic heterocycles. The van der Waals surface area contributed by atoms with E-state index in [1.807, 2.05) is 30.3 Å². The van der Waals surface area contributed by atoms with Crippen LogP contribution >= 0.6 is 0 Å². The van der Waals surface area contributed by atoms with Crippen molar-refractivity contribution < 1.29 is 9.53 Å². The molecule has 5 nitrogen and oxygen atoms in total. The molecule has 1 amide bonds. The molecule has 2 aliphatic rings. The smallest absolute Gasteiger partial charge is 0.410 e. The second-order valence-electron chi connectivity index (χ2n) is 5.95. The predicted octanol–water partition coefficient (Wildman–Crippen LogP) is 1.33. The second kappa shape index (κ2) is 6.45. The maximum Gasteiger partial charge on any atom is 0.410 e. The van der Waals surface area contributed by atoms with Gasteiger partial charge in [-0.3, -0.25) is 0 Å². The van der Waals surface area contributed by atoms with E-state index in [9.17, 15) is 4.79 Å². The molecule has 0 aliphatic carbocycles. The summed E-state index contributed by atoms with van der Waals surface area (Å²) < 4.78 is 5.41. The van der Waals surface area contributed by atoms with E-state index in [4.69, 9.17) is 10.5 Å². The molecule has 3 rings (SSSR count). The lowest BCUT2D eigenvalue weighted by Gasteiger charge is -2.50. The molecular formula is C16H23N3O2. The molecule has 21 heavy (non-hydrogen) atoms. The number of hydrogen-bond acceptors (Lipinski definition) is 4. The number of nitrogens with two attached hydrogens (primary N) is 1. The van der Waals surface area contributed by atoms with Crippen molar-refractivity contribution in [3.8, 4) is 0 Å². The summed E-state index contributed by atoms with van der Waals surface area (Å²) in [6, 6.07) is 9.96. The highest BCUT2D eigenvalue weighted by Gasteiger charge is 2.45. The lowest BCUT2D eigenvalue weighted by molar-refractivity contribution is 0.00162. The summed E-state index contributed by atoms with van der Waals surface area (Å²) in [5, 5.41) is 3.39. The predicted molar refractivity (Wildman–Crippen MR) is 80.7 cm³/mol. The Morgan fingerprint density at radius 3 is 2.86 bits per heavy atom. The van der Waals surface area contributed by atoms with E-state index < -0.39 is 0 Å². The molecule has 0 saturated carbocycles. The Hall–Kier alpha value is -1.59. The number of amides is 1. The Bertz CT molecular complexity index is 474. The fourth-order valence-electron chi connectivity index (χ4n) is 3.32. The quantitative estimate of drug-likeness (QED) is 0.881. The van der Waals surface area contributed by atoms with Crippen LogP contribution in [0.1, 0.15) is 18.4 Å². The zero-order valence-electron chi connectivity index (χ0n) is 12.2. The number of ether oxygens (including phenoxy) is 1. The molecule has 3 atom stereocenters. The first-order valence-corrected chi connectivity index (χ1v) is 7.69. The Morgan fingerprint density at radius 1 is 1.38 bits per heavy atom. The molecule has 3 unspecified atom stereocenters. The molecule has 1 aromatic carbocycles. The zero-order valence-corrected chi connectivity index (χ0v) is 12.2. The Labute approximate surface area is 125 Å². The molecule has 1 aromatic rings. The fourth-order valence-corrected chi connectivity index (χ4v) is 3.32. The molecule has 5 heteroatoms. The number of carbonyl (C=O) groups is 1. The van der Waals surface area contributed by atoms with Crippen LogP contribution in [0.2, 0.25) is 0 Å². The summed E-state index contributed by atoms with van der Waals surface area (Å²) in [6.45, 7) is 2.94. The van der Waals surface area contributed by atoms with Crippen molar-refractivity contribution in [1.82, 2.24) is 10.2 Å². The largest absolute Gasteiger partial charge is 0.445 e. The molecule has 0 spiro atoms. The minimum Gasteiger partial charge on any atom is -0.445 e. The maximum atomic E-state index is 12.2. The first kappa shape index (κ1) is 14.4. The third-order valence-corrected chi connectivity index (χ3v) is 4.46. The van der Waals surface area contributed by atoms with E-state index in [1.165, 1.54) is 0 Å². The van der Waals surface area contributed by atoms with Crippen LogP contribution < -0.4 is 11.1 Å². The van der Waals surface area contributed by atoms with Gasteiger partial charge in [0.05, 0.1) is 6.04 Å². The SMILES string of the molecule is NC1CN(C(=O)OCc2ccccc2)C1C1CCCNC1. The highest BCUT2D eigenvalue weighted by atomic mass is 16.6. The minimum atomic E-state index is -0.240. The van der Waals surface area contributed by atoms with Crippen LogP contribution in [-0.2, 0) is 11.3 Å². The van der Waals surface area contributed by atoms with Crippen molar-refractivity contribution in [3.63, 3.8) is 0 Å². The van der Waals surface area contributed by atoms with Crippen LogP contribution in [-0.4, -0.2) is 42.7 Å². The first-order chi connectivity index (χ1) is 10.3. The van der Waals surface area contributed by atoms with Gasteiger partial charge in [-0.05, 0) is 37.4 Å². The van der Waals surface area contributed by atoms with Crippen molar-refractivity contribution in [2.24, 2.45) is 11.7 Å². The van der Waals surface area contributed by atoms with Crippen molar-refractivity contribution in [1.29, 1.82) is 0 Å². The number of piperidine rings is 1. The molecule has 0 radical (unpaired) electrons. The summed E-state index contributed by atoms with van der Waals surface area (Å²) >= 11 is 0. The van der Waals surface area contributed by atoms with Gasteiger partial charge in [-0.15, -0.1) is 0 Å². The van der Waals surface area contributed by atoms with Crippen molar-refractivity contribution in [2.75, 3.05) is 19.6 Å². The lowest BCUT2D eigenvalue weighted by Crippen LogP contribution is -2.69. The zero-order chi connectivity index (χ0) is 14.7. The van der Waals surface area contributed by atoms with Gasteiger partial charge in [-0.2, -0.15) is 0 Å². The topological polar surface area (TPSA) is 67.6 Å². The van der Waals surface area contributed by atoms with Gasteiger partial charge in [-0.25, -0.2) is 4.79 Å². The molecule has 3 N–H and O–H groups in total. The van der Waals surface area contributed by atoms with Crippen molar-refractivity contribution >= 4 is 6.09 Å². The summed E-state index contributed by atoms with van der Waals surface area (Å²) in [5.74, 6) is 0.451. The number of nitrogens with one attached hydrogen (secondary N) is 1. The number of likely N-dealkylation sites (tertiary alicyclic amines) is 1. The van der Waals surface area contributed by atoms with Gasteiger partial charge in [0.1, 0.15) is 6.61 Å². The first-order valence-electron chi connectivity index (χ1n) is 7.69. The summed E-state index contributed by atoms with van der Waals surface area (Å²) in [6.07, 6.45) is 2.05. The van der Waals surface area contributed by atoms with Gasteiger partial charge >= 0.3 is 6.09 Å². The van der Waals surface area contributed by atoms with Crippen LogP contribution in [0.25, 0.3) is 0 Å². The van der Waals surface area contributed by atoms with Gasteiger partial charge in [0, 0.05) is 12.6 Å². The number of nitrogens with zero attached hydrogens (tertiary/aromatic N) is 1. The second-order valence-corrected chi connectivity index (χ2v) is 5.95. The summed E-state index contributed by atoms with van der Waals surface area (Å²) in [4.78, 5) is 14.0. The summed E-state index contributed by atoms with van der Waals surface area (Å²) in [7, 11) is 0. The van der Waals surface area contributed by atoms with E-state index in [1.54, 1.807) is 4.90 Å². The Morgan fingerprint density at radius 2 is 2.19 bits per heavy atom. The van der Waals surface area contributed by atoms with Crippen LogP contribution in [0.5, 0.6) is 0 Å². The maximum absolute atomic E-state index is 12.2. The van der Waals surface area contributed by atoms with Crippen molar-refractivity contribution in [2.45, 2.75) is 31.5 Å². The van der Waals surface area contributed by atoms with Crippen LogP contribution in [0, 0.1) is 5.92 Å². The third kappa shape index (κ3) is 3.19. The van der Waals surface area contributed by atoms with Gasteiger partial charge in [0.25, 0.3) is 0 Å². The average molecular weight is 289 g/mol. The van der Waals surface area contributed by atoms with Gasteiger partial charge < -0.3 is 20.7 Å². The normalized spacial score (nSPS) is 28.8. The molecule has 0 bridgehead atoms. The highest BCUT2D eigenvalue weighted by Crippen LogP contribution is 2.29. The molecule has 2 fully saturated rings.